The van der Waals surface area contributed by atoms with Gasteiger partial charge in [-0.25, -0.2) is 13.2 Å². The third-order valence-electron chi connectivity index (χ3n) is 4.79. The molecule has 0 fully saturated rings. The van der Waals surface area contributed by atoms with Gasteiger partial charge in [-0.05, 0) is 37.3 Å². The topological polar surface area (TPSA) is 118 Å². The number of fused-ring (bicyclic) bond motifs is 3. The maximum atomic E-state index is 13.1. The number of pyridine rings is 1. The molecule has 0 unspecified atom stereocenters. The molecule has 0 spiro atoms. The summed E-state index contributed by atoms with van der Waals surface area (Å²) in [7, 11) is -3.86. The van der Waals surface area contributed by atoms with Crippen LogP contribution in [0, 0.1) is 0 Å². The molecule has 0 saturated carbocycles. The van der Waals surface area contributed by atoms with Crippen molar-refractivity contribution in [1.29, 1.82) is 0 Å². The van der Waals surface area contributed by atoms with E-state index in [2.05, 4.69) is 9.97 Å². The Morgan fingerprint density at radius 3 is 2.53 bits per heavy atom. The SMILES string of the molecule is CCOC(=O)Oc1c[nH]c2c(=O)[nH]c3ccc(S(=O)(=O)Cc4c(Cl)cccc4Cl)cc3c12. The zero-order chi connectivity index (χ0) is 23.0. The molecule has 2 aromatic heterocycles. The average molecular weight is 495 g/mol. The van der Waals surface area contributed by atoms with Crippen molar-refractivity contribution in [3.8, 4) is 5.75 Å². The summed E-state index contributed by atoms with van der Waals surface area (Å²) in [5.41, 5.74) is 0.325. The second-order valence-corrected chi connectivity index (χ2v) is 9.61. The molecular weight excluding hydrogens is 479 g/mol. The Morgan fingerprint density at radius 2 is 1.84 bits per heavy atom. The van der Waals surface area contributed by atoms with Crippen molar-refractivity contribution in [3.05, 3.63) is 68.6 Å². The number of H-pyrrole nitrogens is 2. The minimum Gasteiger partial charge on any atom is -0.434 e. The van der Waals surface area contributed by atoms with Gasteiger partial charge in [0.05, 0.1) is 22.6 Å². The van der Waals surface area contributed by atoms with Crippen LogP contribution in [0.3, 0.4) is 0 Å². The van der Waals surface area contributed by atoms with Crippen molar-refractivity contribution in [2.24, 2.45) is 0 Å². The van der Waals surface area contributed by atoms with Crippen molar-refractivity contribution in [1.82, 2.24) is 9.97 Å². The van der Waals surface area contributed by atoms with E-state index in [1.54, 1.807) is 25.1 Å². The zero-order valence-electron chi connectivity index (χ0n) is 16.6. The van der Waals surface area contributed by atoms with Crippen LogP contribution in [-0.4, -0.2) is 31.1 Å². The predicted molar refractivity (Wildman–Crippen MR) is 121 cm³/mol. The normalized spacial score (nSPS) is 11.7. The van der Waals surface area contributed by atoms with Crippen LogP contribution in [-0.2, 0) is 20.3 Å². The summed E-state index contributed by atoms with van der Waals surface area (Å²) >= 11 is 12.3. The van der Waals surface area contributed by atoms with Gasteiger partial charge in [0.2, 0.25) is 0 Å². The molecule has 0 aliphatic rings. The first-order chi connectivity index (χ1) is 15.2. The van der Waals surface area contributed by atoms with Crippen molar-refractivity contribution in [2.75, 3.05) is 6.61 Å². The minimum atomic E-state index is -3.86. The Balaban J connectivity index is 1.86. The molecule has 166 valence electrons. The molecule has 4 rings (SSSR count). The lowest BCUT2D eigenvalue weighted by Crippen LogP contribution is -2.11. The summed E-state index contributed by atoms with van der Waals surface area (Å²) in [4.78, 5) is 29.6. The maximum Gasteiger partial charge on any atom is 0.513 e. The van der Waals surface area contributed by atoms with Gasteiger partial charge in [0.25, 0.3) is 5.56 Å². The van der Waals surface area contributed by atoms with Gasteiger partial charge >= 0.3 is 6.16 Å². The molecule has 2 heterocycles. The summed E-state index contributed by atoms with van der Waals surface area (Å²) in [6.45, 7) is 1.73. The van der Waals surface area contributed by atoms with Gasteiger partial charge in [-0.15, -0.1) is 0 Å². The van der Waals surface area contributed by atoms with Crippen molar-refractivity contribution in [2.45, 2.75) is 17.6 Å². The van der Waals surface area contributed by atoms with E-state index >= 15 is 0 Å². The molecule has 4 aromatic rings. The van der Waals surface area contributed by atoms with Crippen LogP contribution >= 0.6 is 23.2 Å². The molecule has 0 saturated heterocycles. The maximum absolute atomic E-state index is 13.1. The van der Waals surface area contributed by atoms with Gasteiger partial charge in [-0.2, -0.15) is 0 Å². The lowest BCUT2D eigenvalue weighted by molar-refractivity contribution is 0.105. The first-order valence-corrected chi connectivity index (χ1v) is 11.8. The summed E-state index contributed by atoms with van der Waals surface area (Å²) in [5.74, 6) is -0.374. The van der Waals surface area contributed by atoms with Crippen LogP contribution in [0.25, 0.3) is 21.8 Å². The molecule has 0 amide bonds. The van der Waals surface area contributed by atoms with Crippen LogP contribution < -0.4 is 10.3 Å². The van der Waals surface area contributed by atoms with E-state index in [0.717, 1.165) is 0 Å². The Bertz CT molecular complexity index is 1500. The number of rotatable bonds is 5. The summed E-state index contributed by atoms with van der Waals surface area (Å²) in [5, 5.41) is 1.10. The predicted octanol–water partition coefficient (Wildman–Crippen LogP) is 4.83. The smallest absolute Gasteiger partial charge is 0.434 e. The largest absolute Gasteiger partial charge is 0.513 e. The van der Waals surface area contributed by atoms with E-state index in [9.17, 15) is 18.0 Å². The van der Waals surface area contributed by atoms with E-state index in [1.165, 1.54) is 24.4 Å². The van der Waals surface area contributed by atoms with Crippen molar-refractivity contribution >= 4 is 61.0 Å². The average Bonchev–Trinajstić information content (AvgIpc) is 3.15. The van der Waals surface area contributed by atoms with Crippen LogP contribution in [0.2, 0.25) is 10.0 Å². The van der Waals surface area contributed by atoms with E-state index in [-0.39, 0.29) is 43.8 Å². The van der Waals surface area contributed by atoms with E-state index < -0.39 is 27.3 Å². The van der Waals surface area contributed by atoms with E-state index in [4.69, 9.17) is 32.7 Å². The second-order valence-electron chi connectivity index (χ2n) is 6.81. The van der Waals surface area contributed by atoms with Crippen LogP contribution in [0.4, 0.5) is 4.79 Å². The highest BCUT2D eigenvalue weighted by atomic mass is 35.5. The molecule has 0 radical (unpaired) electrons. The van der Waals surface area contributed by atoms with E-state index in [1.807, 2.05) is 0 Å². The number of aromatic amines is 2. The lowest BCUT2D eigenvalue weighted by atomic mass is 10.1. The highest BCUT2D eigenvalue weighted by Gasteiger charge is 2.22. The number of hydrogen-bond donors (Lipinski definition) is 2. The molecule has 0 bridgehead atoms. The number of benzene rings is 2. The molecule has 8 nitrogen and oxygen atoms in total. The minimum absolute atomic E-state index is 0.0161. The number of carbonyl (C=O) groups excluding carboxylic acids is 1. The van der Waals surface area contributed by atoms with Crippen molar-refractivity contribution < 1.29 is 22.7 Å². The molecule has 11 heteroatoms. The second kappa shape index (κ2) is 8.50. The zero-order valence-corrected chi connectivity index (χ0v) is 18.9. The first-order valence-electron chi connectivity index (χ1n) is 9.38. The number of halogens is 2. The standard InChI is InChI=1S/C21H16Cl2N2O6S/c1-2-30-21(27)31-17-9-24-19-18(17)12-8-11(6-7-16(12)25-20(19)26)32(28,29)10-13-14(22)4-3-5-15(13)23/h3-9,24H,2,10H2,1H3,(H,25,26). The first kappa shape index (κ1) is 22.2. The Kier molecular flexibility index (Phi) is 5.89. The number of ether oxygens (including phenoxy) is 2. The number of aromatic nitrogens is 2. The Hall–Kier alpha value is -3.01. The van der Waals surface area contributed by atoms with Gasteiger partial charge in [-0.3, -0.25) is 4.79 Å². The van der Waals surface area contributed by atoms with Crippen LogP contribution in [0.15, 0.2) is 52.3 Å². The fourth-order valence-corrected chi connectivity index (χ4v) is 5.45. The fourth-order valence-electron chi connectivity index (χ4n) is 3.33. The molecule has 0 aliphatic carbocycles. The molecule has 0 atom stereocenters. The number of hydrogen-bond acceptors (Lipinski definition) is 6. The summed E-state index contributed by atoms with van der Waals surface area (Å²) < 4.78 is 36.3. The Morgan fingerprint density at radius 1 is 1.12 bits per heavy atom. The van der Waals surface area contributed by atoms with E-state index in [0.29, 0.717) is 10.9 Å². The number of sulfone groups is 1. The van der Waals surface area contributed by atoms with Gasteiger partial charge < -0.3 is 19.4 Å². The molecule has 2 aromatic carbocycles. The third kappa shape index (κ3) is 4.06. The van der Waals surface area contributed by atoms with Gasteiger partial charge in [0.15, 0.2) is 15.6 Å². The number of carbonyl (C=O) groups is 1. The highest BCUT2D eigenvalue weighted by molar-refractivity contribution is 7.90. The molecule has 0 aliphatic heterocycles. The monoisotopic (exact) mass is 494 g/mol. The van der Waals surface area contributed by atoms with Crippen LogP contribution in [0.5, 0.6) is 5.75 Å². The molecular formula is C21H16Cl2N2O6S. The van der Waals surface area contributed by atoms with Gasteiger partial charge in [0.1, 0.15) is 5.52 Å². The number of nitrogens with one attached hydrogen (secondary N) is 2. The summed E-state index contributed by atoms with van der Waals surface area (Å²) in [6.07, 6.45) is 0.389. The highest BCUT2D eigenvalue weighted by Crippen LogP contribution is 2.33. The quantitative estimate of drug-likeness (QED) is 0.383. The van der Waals surface area contributed by atoms with Gasteiger partial charge in [0, 0.05) is 32.7 Å². The lowest BCUT2D eigenvalue weighted by Gasteiger charge is -2.10. The summed E-state index contributed by atoms with van der Waals surface area (Å²) in [6, 6.07) is 9.00. The fraction of sp³-hybridized carbons (Fsp3) is 0.143. The van der Waals surface area contributed by atoms with Gasteiger partial charge in [-0.1, -0.05) is 29.3 Å². The third-order valence-corrected chi connectivity index (χ3v) is 7.14. The molecule has 2 N–H and O–H groups in total. The molecule has 32 heavy (non-hydrogen) atoms. The Labute approximate surface area is 192 Å². The van der Waals surface area contributed by atoms with Crippen LogP contribution in [0.1, 0.15) is 12.5 Å². The van der Waals surface area contributed by atoms with Crippen molar-refractivity contribution in [3.63, 3.8) is 0 Å².